The molecule has 0 aromatic heterocycles. The van der Waals surface area contributed by atoms with Crippen molar-refractivity contribution in [1.29, 1.82) is 0 Å². The molecule has 0 aliphatic carbocycles. The molecule has 1 radical (unpaired) electrons. The summed E-state index contributed by atoms with van der Waals surface area (Å²) < 4.78 is 9.67. The van der Waals surface area contributed by atoms with Gasteiger partial charge in [0.15, 0.2) is 11.5 Å². The minimum atomic E-state index is 0.309. The van der Waals surface area contributed by atoms with Crippen molar-refractivity contribution >= 4 is 19.3 Å². The molecule has 1 rings (SSSR count). The van der Waals surface area contributed by atoms with Crippen molar-refractivity contribution in [1.82, 2.24) is 0 Å². The van der Waals surface area contributed by atoms with Crippen LogP contribution in [0.15, 0.2) is 18.2 Å². The van der Waals surface area contributed by atoms with Crippen LogP contribution in [0, 0.1) is 0 Å². The fourth-order valence-electron chi connectivity index (χ4n) is 0.817. The van der Waals surface area contributed by atoms with Crippen LogP contribution in [0.3, 0.4) is 0 Å². The molecule has 0 spiro atoms. The van der Waals surface area contributed by atoms with Crippen molar-refractivity contribution in [3.63, 3.8) is 0 Å². The zero-order valence-electron chi connectivity index (χ0n) is 6.45. The standard InChI is InChI=1S/C7H7BClO3/c1-11-6-4-2-3-5(9)7(6)12-8-10/h2-4,10H,1H3. The summed E-state index contributed by atoms with van der Waals surface area (Å²) in [6, 6.07) is 5.05. The van der Waals surface area contributed by atoms with Crippen molar-refractivity contribution in [2.45, 2.75) is 0 Å². The van der Waals surface area contributed by atoms with Crippen LogP contribution in [-0.4, -0.2) is 19.8 Å². The van der Waals surface area contributed by atoms with Gasteiger partial charge in [-0.15, -0.1) is 0 Å². The predicted octanol–water partition coefficient (Wildman–Crippen LogP) is 1.25. The maximum absolute atomic E-state index is 8.40. The summed E-state index contributed by atoms with van der Waals surface area (Å²) in [7, 11) is 2.06. The maximum Gasteiger partial charge on any atom is 0.569 e. The first-order valence-corrected chi connectivity index (χ1v) is 3.62. The Hall–Kier alpha value is -0.865. The number of ether oxygens (including phenoxy) is 1. The Morgan fingerprint density at radius 3 is 2.83 bits per heavy atom. The van der Waals surface area contributed by atoms with Gasteiger partial charge in [0.2, 0.25) is 0 Å². The monoisotopic (exact) mass is 185 g/mol. The second-order valence-corrected chi connectivity index (χ2v) is 2.40. The Labute approximate surface area is 76.2 Å². The predicted molar refractivity (Wildman–Crippen MR) is 46.6 cm³/mol. The summed E-state index contributed by atoms with van der Waals surface area (Å²) in [6.07, 6.45) is 0. The van der Waals surface area contributed by atoms with Crippen LogP contribution < -0.4 is 9.39 Å². The second-order valence-electron chi connectivity index (χ2n) is 1.99. The lowest BCUT2D eigenvalue weighted by Gasteiger charge is -2.08. The summed E-state index contributed by atoms with van der Waals surface area (Å²) in [5.41, 5.74) is 0. The van der Waals surface area contributed by atoms with Crippen molar-refractivity contribution in [3.05, 3.63) is 23.2 Å². The third kappa shape index (κ3) is 1.84. The lowest BCUT2D eigenvalue weighted by atomic mass is 10.3. The average Bonchev–Trinajstić information content (AvgIpc) is 2.09. The molecule has 5 heteroatoms. The molecule has 0 saturated carbocycles. The van der Waals surface area contributed by atoms with Crippen molar-refractivity contribution in [2.75, 3.05) is 7.11 Å². The van der Waals surface area contributed by atoms with Crippen molar-refractivity contribution < 1.29 is 14.4 Å². The normalized spacial score (nSPS) is 9.25. The van der Waals surface area contributed by atoms with E-state index in [0.717, 1.165) is 0 Å². The van der Waals surface area contributed by atoms with Gasteiger partial charge in [-0.2, -0.15) is 0 Å². The molecule has 0 heterocycles. The molecule has 63 valence electrons. The van der Waals surface area contributed by atoms with Gasteiger partial charge < -0.3 is 14.4 Å². The van der Waals surface area contributed by atoms with Gasteiger partial charge in [0, 0.05) is 0 Å². The van der Waals surface area contributed by atoms with E-state index in [1.54, 1.807) is 18.2 Å². The SMILES string of the molecule is COc1cccc(Cl)c1O[B]O. The molecule has 0 saturated heterocycles. The molecule has 1 N–H and O–H groups in total. The topological polar surface area (TPSA) is 38.7 Å². The molecule has 0 fully saturated rings. The van der Waals surface area contributed by atoms with Gasteiger partial charge in [-0.25, -0.2) is 0 Å². The highest BCUT2D eigenvalue weighted by atomic mass is 35.5. The second kappa shape index (κ2) is 4.23. The first kappa shape index (κ1) is 9.22. The average molecular weight is 185 g/mol. The lowest BCUT2D eigenvalue weighted by Crippen LogP contribution is -2.02. The molecular weight excluding hydrogens is 178 g/mol. The molecule has 0 bridgehead atoms. The fourth-order valence-corrected chi connectivity index (χ4v) is 1.03. The van der Waals surface area contributed by atoms with Gasteiger partial charge in [0.25, 0.3) is 0 Å². The van der Waals surface area contributed by atoms with E-state index in [4.69, 9.17) is 26.0 Å². The zero-order valence-corrected chi connectivity index (χ0v) is 7.21. The van der Waals surface area contributed by atoms with E-state index in [9.17, 15) is 0 Å². The van der Waals surface area contributed by atoms with Crippen LogP contribution in [0.4, 0.5) is 0 Å². The smallest absolute Gasteiger partial charge is 0.534 e. The summed E-state index contributed by atoms with van der Waals surface area (Å²) >= 11 is 5.75. The zero-order chi connectivity index (χ0) is 8.97. The number of para-hydroxylation sites is 1. The highest BCUT2D eigenvalue weighted by Crippen LogP contribution is 2.33. The Balaban J connectivity index is 3.02. The fraction of sp³-hybridized carbons (Fsp3) is 0.143. The summed E-state index contributed by atoms with van der Waals surface area (Å²) in [4.78, 5) is 0. The summed E-state index contributed by atoms with van der Waals surface area (Å²) in [5, 5.41) is 8.79. The van der Waals surface area contributed by atoms with Gasteiger partial charge in [-0.1, -0.05) is 17.7 Å². The molecule has 0 amide bonds. The van der Waals surface area contributed by atoms with Gasteiger partial charge in [-0.3, -0.25) is 0 Å². The first-order valence-electron chi connectivity index (χ1n) is 3.24. The van der Waals surface area contributed by atoms with E-state index in [0.29, 0.717) is 24.2 Å². The molecule has 3 nitrogen and oxygen atoms in total. The van der Waals surface area contributed by atoms with Crippen LogP contribution in [0.5, 0.6) is 11.5 Å². The molecule has 12 heavy (non-hydrogen) atoms. The van der Waals surface area contributed by atoms with E-state index in [2.05, 4.69) is 0 Å². The third-order valence-corrected chi connectivity index (χ3v) is 1.62. The third-order valence-electron chi connectivity index (χ3n) is 1.32. The van der Waals surface area contributed by atoms with Crippen LogP contribution in [-0.2, 0) is 0 Å². The van der Waals surface area contributed by atoms with E-state index in [1.165, 1.54) is 7.11 Å². The Morgan fingerprint density at radius 2 is 2.25 bits per heavy atom. The molecule has 1 aromatic carbocycles. The number of rotatable bonds is 3. The number of hydrogen-bond acceptors (Lipinski definition) is 3. The Bertz CT molecular complexity index is 267. The molecule has 0 unspecified atom stereocenters. The number of halogens is 1. The van der Waals surface area contributed by atoms with E-state index in [1.807, 2.05) is 0 Å². The largest absolute Gasteiger partial charge is 0.569 e. The summed E-state index contributed by atoms with van der Waals surface area (Å²) in [6.45, 7) is 0. The first-order chi connectivity index (χ1) is 5.79. The highest BCUT2D eigenvalue weighted by Gasteiger charge is 2.08. The van der Waals surface area contributed by atoms with E-state index >= 15 is 0 Å². The molecule has 0 aliphatic heterocycles. The number of hydrogen-bond donors (Lipinski definition) is 1. The van der Waals surface area contributed by atoms with Crippen LogP contribution in [0.25, 0.3) is 0 Å². The molecule has 0 atom stereocenters. The van der Waals surface area contributed by atoms with Crippen LogP contribution in [0.2, 0.25) is 5.02 Å². The molecule has 1 aromatic rings. The van der Waals surface area contributed by atoms with Gasteiger partial charge in [0.05, 0.1) is 12.1 Å². The molecular formula is C7H7BClO3. The minimum absolute atomic E-state index is 0.309. The maximum atomic E-state index is 8.40. The van der Waals surface area contributed by atoms with Crippen molar-refractivity contribution in [3.8, 4) is 11.5 Å². The summed E-state index contributed by atoms with van der Waals surface area (Å²) in [5.74, 6) is 0.789. The Kier molecular flexibility index (Phi) is 3.25. The van der Waals surface area contributed by atoms with Crippen LogP contribution in [0.1, 0.15) is 0 Å². The number of methoxy groups -OCH3 is 1. The highest BCUT2D eigenvalue weighted by molar-refractivity contribution is 6.33. The van der Waals surface area contributed by atoms with Gasteiger partial charge in [0.1, 0.15) is 0 Å². The minimum Gasteiger partial charge on any atom is -0.534 e. The van der Waals surface area contributed by atoms with E-state index < -0.39 is 0 Å². The van der Waals surface area contributed by atoms with E-state index in [-0.39, 0.29) is 0 Å². The number of benzene rings is 1. The van der Waals surface area contributed by atoms with Gasteiger partial charge in [-0.05, 0) is 12.1 Å². The lowest BCUT2D eigenvalue weighted by molar-refractivity contribution is 0.382. The molecule has 0 aliphatic rings. The van der Waals surface area contributed by atoms with Crippen LogP contribution >= 0.6 is 11.6 Å². The van der Waals surface area contributed by atoms with Crippen molar-refractivity contribution in [2.24, 2.45) is 0 Å². The Morgan fingerprint density at radius 1 is 1.50 bits per heavy atom. The quantitative estimate of drug-likeness (QED) is 0.721. The van der Waals surface area contributed by atoms with Gasteiger partial charge >= 0.3 is 7.69 Å².